The van der Waals surface area contributed by atoms with Gasteiger partial charge in [0.15, 0.2) is 3.70 Å². The predicted octanol–water partition coefficient (Wildman–Crippen LogP) is 2.60. The highest BCUT2D eigenvalue weighted by Crippen LogP contribution is 2.30. The molecular formula is C10H8F3IN2O5. The van der Waals surface area contributed by atoms with E-state index < -0.39 is 35.2 Å². The monoisotopic (exact) mass is 420 g/mol. The first-order valence-electron chi connectivity index (χ1n) is 5.39. The molecule has 0 saturated heterocycles. The number of aromatic nitrogens is 1. The van der Waals surface area contributed by atoms with Crippen molar-refractivity contribution in [2.24, 2.45) is 0 Å². The van der Waals surface area contributed by atoms with Gasteiger partial charge in [-0.15, -0.1) is 13.2 Å². The standard InChI is InChI=1S/C10H8F3IN2O5/c1-2-20-7(17)4-5-3-6(21-10(11,12)13)15-9(14)8(5)16(18)19/h3H,2,4H2,1H3. The van der Waals surface area contributed by atoms with Crippen LogP contribution in [-0.4, -0.2) is 28.8 Å². The van der Waals surface area contributed by atoms with Crippen LogP contribution in [0.4, 0.5) is 18.9 Å². The molecule has 0 N–H and O–H groups in total. The molecule has 0 aliphatic heterocycles. The summed E-state index contributed by atoms with van der Waals surface area (Å²) >= 11 is 1.39. The molecule has 0 radical (unpaired) electrons. The van der Waals surface area contributed by atoms with Crippen LogP contribution in [0.15, 0.2) is 6.07 Å². The number of rotatable bonds is 5. The topological polar surface area (TPSA) is 91.6 Å². The zero-order chi connectivity index (χ0) is 16.2. The van der Waals surface area contributed by atoms with Gasteiger partial charge in [-0.05, 0) is 29.5 Å². The maximum Gasteiger partial charge on any atom is 0.574 e. The molecule has 0 aromatic carbocycles. The van der Waals surface area contributed by atoms with E-state index in [1.807, 2.05) is 0 Å². The van der Waals surface area contributed by atoms with E-state index in [9.17, 15) is 28.1 Å². The molecule has 11 heteroatoms. The second-order valence-corrected chi connectivity index (χ2v) is 4.57. The van der Waals surface area contributed by atoms with Crippen LogP contribution < -0.4 is 4.74 Å². The Bertz CT molecular complexity index is 564. The van der Waals surface area contributed by atoms with Crippen molar-refractivity contribution in [3.05, 3.63) is 25.4 Å². The van der Waals surface area contributed by atoms with Gasteiger partial charge in [0.05, 0.1) is 18.0 Å². The summed E-state index contributed by atoms with van der Waals surface area (Å²) in [5.74, 6) is -1.68. The molecule has 1 aromatic heterocycles. The Labute approximate surface area is 129 Å². The van der Waals surface area contributed by atoms with Gasteiger partial charge >= 0.3 is 18.0 Å². The first-order valence-corrected chi connectivity index (χ1v) is 6.47. The van der Waals surface area contributed by atoms with Gasteiger partial charge in [0, 0.05) is 11.6 Å². The van der Waals surface area contributed by atoms with Gasteiger partial charge in [0.2, 0.25) is 5.88 Å². The van der Waals surface area contributed by atoms with Crippen LogP contribution in [0, 0.1) is 13.8 Å². The first-order chi connectivity index (χ1) is 9.64. The summed E-state index contributed by atoms with van der Waals surface area (Å²) in [5, 5.41) is 10.9. The van der Waals surface area contributed by atoms with E-state index in [1.54, 1.807) is 0 Å². The number of nitro groups is 1. The molecule has 0 amide bonds. The maximum atomic E-state index is 12.2. The van der Waals surface area contributed by atoms with Crippen LogP contribution in [0.2, 0.25) is 0 Å². The largest absolute Gasteiger partial charge is 0.574 e. The molecule has 116 valence electrons. The Morgan fingerprint density at radius 1 is 1.52 bits per heavy atom. The first kappa shape index (κ1) is 17.4. The highest BCUT2D eigenvalue weighted by molar-refractivity contribution is 14.1. The van der Waals surface area contributed by atoms with Crippen molar-refractivity contribution in [1.82, 2.24) is 4.98 Å². The number of carbonyl (C=O) groups excluding carboxylic acids is 1. The van der Waals surface area contributed by atoms with E-state index in [-0.39, 0.29) is 15.9 Å². The minimum Gasteiger partial charge on any atom is -0.466 e. The van der Waals surface area contributed by atoms with Crippen LogP contribution >= 0.6 is 22.6 Å². The lowest BCUT2D eigenvalue weighted by atomic mass is 10.1. The third-order valence-electron chi connectivity index (χ3n) is 2.05. The van der Waals surface area contributed by atoms with E-state index in [4.69, 9.17) is 0 Å². The van der Waals surface area contributed by atoms with Gasteiger partial charge in [-0.3, -0.25) is 14.9 Å². The average molecular weight is 420 g/mol. The number of pyridine rings is 1. The van der Waals surface area contributed by atoms with Crippen molar-refractivity contribution in [3.8, 4) is 5.88 Å². The molecule has 0 bridgehead atoms. The van der Waals surface area contributed by atoms with E-state index in [0.717, 1.165) is 0 Å². The number of halogens is 4. The van der Waals surface area contributed by atoms with E-state index >= 15 is 0 Å². The summed E-state index contributed by atoms with van der Waals surface area (Å²) in [5.41, 5.74) is -0.824. The molecular weight excluding hydrogens is 412 g/mol. The van der Waals surface area contributed by atoms with Crippen molar-refractivity contribution < 1.29 is 32.4 Å². The number of hydrogen-bond acceptors (Lipinski definition) is 6. The van der Waals surface area contributed by atoms with Gasteiger partial charge in [-0.1, -0.05) is 0 Å². The summed E-state index contributed by atoms with van der Waals surface area (Å²) in [4.78, 5) is 24.8. The molecule has 0 aliphatic carbocycles. The van der Waals surface area contributed by atoms with Crippen LogP contribution in [0.5, 0.6) is 5.88 Å². The molecule has 0 aliphatic rings. The summed E-state index contributed by atoms with van der Waals surface area (Å²) in [7, 11) is 0. The second-order valence-electron chi connectivity index (χ2n) is 3.55. The molecule has 7 nitrogen and oxygen atoms in total. The number of alkyl halides is 3. The van der Waals surface area contributed by atoms with Crippen molar-refractivity contribution >= 4 is 34.2 Å². The van der Waals surface area contributed by atoms with Crippen LogP contribution in [0.1, 0.15) is 12.5 Å². The highest BCUT2D eigenvalue weighted by atomic mass is 127. The molecule has 0 saturated carbocycles. The molecule has 0 atom stereocenters. The summed E-state index contributed by atoms with van der Waals surface area (Å²) in [6, 6.07) is 0.699. The molecule has 1 heterocycles. The molecule has 1 rings (SSSR count). The fourth-order valence-corrected chi connectivity index (χ4v) is 2.18. The smallest absolute Gasteiger partial charge is 0.466 e. The zero-order valence-electron chi connectivity index (χ0n) is 10.4. The van der Waals surface area contributed by atoms with Crippen molar-refractivity contribution in [2.45, 2.75) is 19.7 Å². The quantitative estimate of drug-likeness (QED) is 0.239. The third-order valence-corrected chi connectivity index (χ3v) is 2.80. The van der Waals surface area contributed by atoms with E-state index in [1.165, 1.54) is 29.5 Å². The van der Waals surface area contributed by atoms with Crippen molar-refractivity contribution in [3.63, 3.8) is 0 Å². The van der Waals surface area contributed by atoms with Gasteiger partial charge in [-0.25, -0.2) is 0 Å². The zero-order valence-corrected chi connectivity index (χ0v) is 12.6. The minimum absolute atomic E-state index is 0.0424. The lowest BCUT2D eigenvalue weighted by Crippen LogP contribution is -2.19. The van der Waals surface area contributed by atoms with E-state index in [0.29, 0.717) is 6.07 Å². The number of esters is 1. The second kappa shape index (κ2) is 6.87. The van der Waals surface area contributed by atoms with Crippen molar-refractivity contribution in [2.75, 3.05) is 6.61 Å². The molecule has 21 heavy (non-hydrogen) atoms. The highest BCUT2D eigenvalue weighted by Gasteiger charge is 2.33. The summed E-state index contributed by atoms with van der Waals surface area (Å²) < 4.78 is 44.4. The summed E-state index contributed by atoms with van der Waals surface area (Å²) in [6.07, 6.45) is -5.55. The predicted molar refractivity (Wildman–Crippen MR) is 70.6 cm³/mol. The number of ether oxygens (including phenoxy) is 2. The van der Waals surface area contributed by atoms with Crippen molar-refractivity contribution in [1.29, 1.82) is 0 Å². The Balaban J connectivity index is 3.22. The number of nitrogens with zero attached hydrogens (tertiary/aromatic N) is 2. The normalized spacial score (nSPS) is 11.1. The Morgan fingerprint density at radius 3 is 2.62 bits per heavy atom. The SMILES string of the molecule is CCOC(=O)Cc1cc(OC(F)(F)F)nc(I)c1[N+](=O)[O-]. The molecule has 0 spiro atoms. The number of hydrogen-bond donors (Lipinski definition) is 0. The minimum atomic E-state index is -4.99. The molecule has 1 aromatic rings. The fraction of sp³-hybridized carbons (Fsp3) is 0.400. The van der Waals surface area contributed by atoms with Gasteiger partial charge in [0.1, 0.15) is 0 Å². The lowest BCUT2D eigenvalue weighted by Gasteiger charge is -2.10. The van der Waals surface area contributed by atoms with Gasteiger partial charge < -0.3 is 9.47 Å². The Hall–Kier alpha value is -1.66. The molecule has 0 unspecified atom stereocenters. The summed E-state index contributed by atoms with van der Waals surface area (Å²) in [6.45, 7) is 1.57. The van der Waals surface area contributed by atoms with Gasteiger partial charge in [0.25, 0.3) is 0 Å². The fourth-order valence-electron chi connectivity index (χ4n) is 1.40. The number of carbonyl (C=O) groups is 1. The van der Waals surface area contributed by atoms with Crippen LogP contribution in [0.25, 0.3) is 0 Å². The Kier molecular flexibility index (Phi) is 5.69. The van der Waals surface area contributed by atoms with Crippen LogP contribution in [0.3, 0.4) is 0 Å². The third kappa shape index (κ3) is 5.32. The lowest BCUT2D eigenvalue weighted by molar-refractivity contribution is -0.387. The van der Waals surface area contributed by atoms with E-state index in [2.05, 4.69) is 14.5 Å². The average Bonchev–Trinajstić information content (AvgIpc) is 2.24. The van der Waals surface area contributed by atoms with Crippen LogP contribution in [-0.2, 0) is 16.0 Å². The molecule has 0 fully saturated rings. The Morgan fingerprint density at radius 2 is 2.14 bits per heavy atom. The van der Waals surface area contributed by atoms with Gasteiger partial charge in [-0.2, -0.15) is 4.98 Å². The maximum absolute atomic E-state index is 12.2.